The molecule has 2 aromatic heterocycles. The van der Waals surface area contributed by atoms with Crippen molar-refractivity contribution in [1.82, 2.24) is 20.1 Å². The van der Waals surface area contributed by atoms with Gasteiger partial charge in [0.05, 0.1) is 12.3 Å². The smallest absolute Gasteiger partial charge is 0.323 e. The molecule has 0 atom stereocenters. The van der Waals surface area contributed by atoms with Gasteiger partial charge >= 0.3 is 6.01 Å². The van der Waals surface area contributed by atoms with Crippen molar-refractivity contribution in [3.63, 3.8) is 0 Å². The third kappa shape index (κ3) is 3.09. The van der Waals surface area contributed by atoms with Crippen molar-refractivity contribution in [3.8, 4) is 6.01 Å². The molecule has 0 amide bonds. The summed E-state index contributed by atoms with van der Waals surface area (Å²) in [5.41, 5.74) is 7.39. The number of nitrogens with zero attached hydrogens (tertiary/aromatic N) is 4. The van der Waals surface area contributed by atoms with Gasteiger partial charge in [0.2, 0.25) is 11.9 Å². The third-order valence-electron chi connectivity index (χ3n) is 2.51. The minimum atomic E-state index is 0.111. The van der Waals surface area contributed by atoms with E-state index >= 15 is 0 Å². The lowest BCUT2D eigenvalue weighted by Crippen LogP contribution is -2.09. The molecule has 0 bridgehead atoms. The number of hydrogen-bond donors (Lipinski definition) is 2. The average molecular weight is 264 g/mol. The minimum absolute atomic E-state index is 0.111. The molecule has 2 rings (SSSR count). The van der Waals surface area contributed by atoms with Crippen LogP contribution >= 0.6 is 0 Å². The Balaban J connectivity index is 2.11. The van der Waals surface area contributed by atoms with E-state index < -0.39 is 0 Å². The van der Waals surface area contributed by atoms with Crippen LogP contribution in [0.3, 0.4) is 0 Å². The highest BCUT2D eigenvalue weighted by Gasteiger charge is 2.10. The van der Waals surface area contributed by atoms with Crippen LogP contribution in [-0.2, 0) is 6.54 Å². The summed E-state index contributed by atoms with van der Waals surface area (Å²) in [6, 6.07) is 0.205. The number of anilines is 2. The van der Waals surface area contributed by atoms with E-state index in [1.54, 1.807) is 0 Å². The molecule has 0 saturated heterocycles. The van der Waals surface area contributed by atoms with Crippen LogP contribution in [0.15, 0.2) is 4.52 Å². The molecule has 2 aromatic rings. The van der Waals surface area contributed by atoms with E-state index in [0.29, 0.717) is 19.1 Å². The van der Waals surface area contributed by atoms with Gasteiger partial charge in [0.25, 0.3) is 0 Å². The number of nitrogens with two attached hydrogens (primary N) is 1. The van der Waals surface area contributed by atoms with Gasteiger partial charge in [-0.1, -0.05) is 5.16 Å². The van der Waals surface area contributed by atoms with Crippen molar-refractivity contribution in [2.45, 2.75) is 27.3 Å². The second kappa shape index (κ2) is 5.51. The van der Waals surface area contributed by atoms with Gasteiger partial charge in [-0.15, -0.1) is 0 Å². The summed E-state index contributed by atoms with van der Waals surface area (Å²) in [5, 5.41) is 6.92. The first-order chi connectivity index (χ1) is 9.10. The normalized spacial score (nSPS) is 10.5. The molecule has 0 aliphatic heterocycles. The molecule has 2 heterocycles. The van der Waals surface area contributed by atoms with Crippen molar-refractivity contribution in [2.24, 2.45) is 0 Å². The van der Waals surface area contributed by atoms with Gasteiger partial charge in [0.1, 0.15) is 5.76 Å². The second-order valence-electron chi connectivity index (χ2n) is 3.89. The SMILES string of the molecule is CCOc1nc(N)nc(NCc2c(C)noc2C)n1. The highest BCUT2D eigenvalue weighted by molar-refractivity contribution is 5.34. The fraction of sp³-hybridized carbons (Fsp3) is 0.455. The highest BCUT2D eigenvalue weighted by atomic mass is 16.5. The van der Waals surface area contributed by atoms with Gasteiger partial charge < -0.3 is 20.3 Å². The molecule has 0 aliphatic carbocycles. The maximum Gasteiger partial charge on any atom is 0.323 e. The Labute approximate surface area is 110 Å². The zero-order valence-corrected chi connectivity index (χ0v) is 11.1. The molecule has 3 N–H and O–H groups in total. The Morgan fingerprint density at radius 1 is 1.26 bits per heavy atom. The van der Waals surface area contributed by atoms with E-state index in [2.05, 4.69) is 25.4 Å². The predicted octanol–water partition coefficient (Wildman–Crippen LogP) is 1.07. The molecule has 0 fully saturated rings. The fourth-order valence-electron chi connectivity index (χ4n) is 1.57. The molecular weight excluding hydrogens is 248 g/mol. The molecule has 8 nitrogen and oxygen atoms in total. The fourth-order valence-corrected chi connectivity index (χ4v) is 1.57. The maximum atomic E-state index is 5.59. The predicted molar refractivity (Wildman–Crippen MR) is 68.7 cm³/mol. The summed E-state index contributed by atoms with van der Waals surface area (Å²) in [4.78, 5) is 11.9. The number of ether oxygens (including phenoxy) is 1. The van der Waals surface area contributed by atoms with Crippen LogP contribution in [-0.4, -0.2) is 26.7 Å². The number of nitrogens with one attached hydrogen (secondary N) is 1. The average Bonchev–Trinajstić information content (AvgIpc) is 2.66. The number of aryl methyl sites for hydroxylation is 2. The Morgan fingerprint density at radius 2 is 2.05 bits per heavy atom. The van der Waals surface area contributed by atoms with Crippen molar-refractivity contribution in [2.75, 3.05) is 17.7 Å². The van der Waals surface area contributed by atoms with Crippen molar-refractivity contribution in [3.05, 3.63) is 17.0 Å². The Kier molecular flexibility index (Phi) is 3.79. The molecule has 8 heteroatoms. The first-order valence-electron chi connectivity index (χ1n) is 5.90. The van der Waals surface area contributed by atoms with Gasteiger partial charge in [0, 0.05) is 12.1 Å². The summed E-state index contributed by atoms with van der Waals surface area (Å²) >= 11 is 0. The minimum Gasteiger partial charge on any atom is -0.464 e. The number of aromatic nitrogens is 4. The van der Waals surface area contributed by atoms with Crippen LogP contribution in [0.25, 0.3) is 0 Å². The third-order valence-corrected chi connectivity index (χ3v) is 2.51. The summed E-state index contributed by atoms with van der Waals surface area (Å²) in [5.74, 6) is 1.23. The van der Waals surface area contributed by atoms with E-state index in [0.717, 1.165) is 17.0 Å². The van der Waals surface area contributed by atoms with Crippen LogP contribution in [0.4, 0.5) is 11.9 Å². The van der Waals surface area contributed by atoms with Crippen molar-refractivity contribution < 1.29 is 9.26 Å². The highest BCUT2D eigenvalue weighted by Crippen LogP contribution is 2.15. The molecule has 19 heavy (non-hydrogen) atoms. The van der Waals surface area contributed by atoms with Crippen molar-refractivity contribution >= 4 is 11.9 Å². The number of nitrogen functional groups attached to an aromatic ring is 1. The Bertz CT molecular complexity index is 549. The molecule has 0 saturated carbocycles. The summed E-state index contributed by atoms with van der Waals surface area (Å²) in [6.07, 6.45) is 0. The van der Waals surface area contributed by atoms with Gasteiger partial charge in [-0.2, -0.15) is 15.0 Å². The van der Waals surface area contributed by atoms with Crippen LogP contribution < -0.4 is 15.8 Å². The van der Waals surface area contributed by atoms with Crippen LogP contribution in [0.5, 0.6) is 6.01 Å². The second-order valence-corrected chi connectivity index (χ2v) is 3.89. The quantitative estimate of drug-likeness (QED) is 0.824. The van der Waals surface area contributed by atoms with Gasteiger partial charge in [0.15, 0.2) is 0 Å². The van der Waals surface area contributed by atoms with Crippen LogP contribution in [0.1, 0.15) is 23.9 Å². The molecular formula is C11H16N6O2. The van der Waals surface area contributed by atoms with E-state index in [9.17, 15) is 0 Å². The number of hydrogen-bond acceptors (Lipinski definition) is 8. The van der Waals surface area contributed by atoms with Gasteiger partial charge in [-0.05, 0) is 20.8 Å². The molecule has 0 aliphatic rings. The summed E-state index contributed by atoms with van der Waals surface area (Å²) < 4.78 is 10.3. The van der Waals surface area contributed by atoms with Crippen LogP contribution in [0.2, 0.25) is 0 Å². The number of rotatable bonds is 5. The van der Waals surface area contributed by atoms with E-state index in [-0.39, 0.29) is 12.0 Å². The zero-order chi connectivity index (χ0) is 13.8. The topological polar surface area (TPSA) is 112 Å². The van der Waals surface area contributed by atoms with Gasteiger partial charge in [-0.3, -0.25) is 0 Å². The van der Waals surface area contributed by atoms with E-state index in [1.165, 1.54) is 0 Å². The molecule has 102 valence electrons. The first kappa shape index (κ1) is 13.1. The molecule has 0 spiro atoms. The largest absolute Gasteiger partial charge is 0.464 e. The molecule has 0 radical (unpaired) electrons. The maximum absolute atomic E-state index is 5.59. The lowest BCUT2D eigenvalue weighted by Gasteiger charge is -2.07. The Hall–Kier alpha value is -2.38. The van der Waals surface area contributed by atoms with Crippen LogP contribution in [0, 0.1) is 13.8 Å². The monoisotopic (exact) mass is 264 g/mol. The van der Waals surface area contributed by atoms with Crippen molar-refractivity contribution in [1.29, 1.82) is 0 Å². The van der Waals surface area contributed by atoms with E-state index in [1.807, 2.05) is 20.8 Å². The zero-order valence-electron chi connectivity index (χ0n) is 11.1. The molecule has 0 unspecified atom stereocenters. The lowest BCUT2D eigenvalue weighted by atomic mass is 10.2. The van der Waals surface area contributed by atoms with E-state index in [4.69, 9.17) is 15.0 Å². The van der Waals surface area contributed by atoms with Gasteiger partial charge in [-0.25, -0.2) is 0 Å². The molecule has 0 aromatic carbocycles. The Morgan fingerprint density at radius 3 is 2.68 bits per heavy atom. The first-order valence-corrected chi connectivity index (χ1v) is 5.90. The standard InChI is InChI=1S/C11H16N6O2/c1-4-18-11-15-9(12)14-10(16-11)13-5-8-6(2)17-19-7(8)3/h4-5H2,1-3H3,(H3,12,13,14,15,16). The lowest BCUT2D eigenvalue weighted by molar-refractivity contribution is 0.312. The summed E-state index contributed by atoms with van der Waals surface area (Å²) in [6.45, 7) is 6.53. The summed E-state index contributed by atoms with van der Waals surface area (Å²) in [7, 11) is 0.